The van der Waals surface area contributed by atoms with Crippen molar-refractivity contribution in [3.05, 3.63) is 58.9 Å². The number of hydrogen-bond donors (Lipinski definition) is 1. The zero-order valence-electron chi connectivity index (χ0n) is 10.8. The van der Waals surface area contributed by atoms with Crippen LogP contribution in [0.25, 0.3) is 4.96 Å². The molecule has 0 aliphatic carbocycles. The first kappa shape index (κ1) is 12.4. The third kappa shape index (κ3) is 2.41. The smallest absolute Gasteiger partial charge is 0.193 e. The Morgan fingerprint density at radius 2 is 2.21 bits per heavy atom. The summed E-state index contributed by atoms with van der Waals surface area (Å²) < 4.78 is 2.03. The van der Waals surface area contributed by atoms with Crippen molar-refractivity contribution in [3.8, 4) is 0 Å². The Hall–Kier alpha value is -1.65. The monoisotopic (exact) mass is 272 g/mol. The van der Waals surface area contributed by atoms with E-state index in [1.807, 2.05) is 34.3 Å². The van der Waals surface area contributed by atoms with Gasteiger partial charge in [0.25, 0.3) is 0 Å². The topological polar surface area (TPSA) is 37.5 Å². The van der Waals surface area contributed by atoms with Crippen LogP contribution in [0.1, 0.15) is 22.7 Å². The molecule has 0 aliphatic rings. The van der Waals surface area contributed by atoms with Gasteiger partial charge >= 0.3 is 0 Å². The van der Waals surface area contributed by atoms with E-state index < -0.39 is 0 Å². The number of aliphatic hydroxyl groups is 1. The summed E-state index contributed by atoms with van der Waals surface area (Å²) in [6, 6.07) is 8.23. The molecule has 1 atom stereocenters. The summed E-state index contributed by atoms with van der Waals surface area (Å²) in [7, 11) is 0. The molecular weight excluding hydrogens is 256 g/mol. The van der Waals surface area contributed by atoms with Gasteiger partial charge < -0.3 is 5.11 Å². The summed E-state index contributed by atoms with van der Waals surface area (Å²) in [6.45, 7) is 2.24. The average Bonchev–Trinajstić information content (AvgIpc) is 2.97. The Balaban J connectivity index is 1.87. The van der Waals surface area contributed by atoms with Gasteiger partial charge in [0.15, 0.2) is 4.96 Å². The third-order valence-corrected chi connectivity index (χ3v) is 4.22. The summed E-state index contributed by atoms with van der Waals surface area (Å²) in [5.74, 6) is 0.116. The fourth-order valence-corrected chi connectivity index (χ4v) is 3.16. The summed E-state index contributed by atoms with van der Waals surface area (Å²) in [5.41, 5.74) is 3.47. The molecule has 1 unspecified atom stereocenters. The Kier molecular flexibility index (Phi) is 3.36. The van der Waals surface area contributed by atoms with E-state index >= 15 is 0 Å². The standard InChI is InChI=1S/C15H16N2OS/c1-11-4-2-3-5-14(11)12(10-18)8-13-9-17-6-7-19-15(17)16-13/h2-7,9,12,18H,8,10H2,1H3. The van der Waals surface area contributed by atoms with Gasteiger partial charge in [-0.05, 0) is 18.1 Å². The van der Waals surface area contributed by atoms with Crippen LogP contribution in [0.3, 0.4) is 0 Å². The molecule has 4 heteroatoms. The van der Waals surface area contributed by atoms with Crippen molar-refractivity contribution in [2.45, 2.75) is 19.3 Å². The second-order valence-corrected chi connectivity index (χ2v) is 5.64. The third-order valence-electron chi connectivity index (χ3n) is 3.45. The first-order valence-electron chi connectivity index (χ1n) is 6.35. The van der Waals surface area contributed by atoms with Crippen LogP contribution in [0, 0.1) is 6.92 Å². The van der Waals surface area contributed by atoms with Crippen LogP contribution in [0.5, 0.6) is 0 Å². The molecule has 1 aromatic carbocycles. The highest BCUT2D eigenvalue weighted by molar-refractivity contribution is 7.15. The van der Waals surface area contributed by atoms with Crippen LogP contribution in [-0.4, -0.2) is 21.1 Å². The number of rotatable bonds is 4. The predicted molar refractivity (Wildman–Crippen MR) is 77.8 cm³/mol. The molecule has 0 aliphatic heterocycles. The first-order chi connectivity index (χ1) is 9.28. The van der Waals surface area contributed by atoms with E-state index in [9.17, 15) is 5.11 Å². The van der Waals surface area contributed by atoms with E-state index in [0.29, 0.717) is 0 Å². The second kappa shape index (κ2) is 5.15. The minimum absolute atomic E-state index is 0.116. The zero-order chi connectivity index (χ0) is 13.2. The molecule has 98 valence electrons. The van der Waals surface area contributed by atoms with E-state index in [-0.39, 0.29) is 12.5 Å². The van der Waals surface area contributed by atoms with Crippen molar-refractivity contribution in [2.75, 3.05) is 6.61 Å². The minimum Gasteiger partial charge on any atom is -0.396 e. The number of thiazole rings is 1. The van der Waals surface area contributed by atoms with Gasteiger partial charge in [-0.1, -0.05) is 24.3 Å². The van der Waals surface area contributed by atoms with Gasteiger partial charge in [-0.25, -0.2) is 4.98 Å². The number of aromatic nitrogens is 2. The fraction of sp³-hybridized carbons (Fsp3) is 0.267. The number of benzene rings is 1. The van der Waals surface area contributed by atoms with Crippen LogP contribution in [0.4, 0.5) is 0 Å². The van der Waals surface area contributed by atoms with Crippen molar-refractivity contribution < 1.29 is 5.11 Å². The number of imidazole rings is 1. The number of aryl methyl sites for hydroxylation is 1. The number of nitrogens with zero attached hydrogens (tertiary/aromatic N) is 2. The molecule has 2 aromatic heterocycles. The highest BCUT2D eigenvalue weighted by Gasteiger charge is 2.15. The molecule has 19 heavy (non-hydrogen) atoms. The Morgan fingerprint density at radius 3 is 2.95 bits per heavy atom. The van der Waals surface area contributed by atoms with Crippen molar-refractivity contribution in [1.29, 1.82) is 0 Å². The van der Waals surface area contributed by atoms with Crippen LogP contribution >= 0.6 is 11.3 Å². The predicted octanol–water partition coefficient (Wildman–Crippen LogP) is 3.02. The average molecular weight is 272 g/mol. The molecule has 2 heterocycles. The first-order valence-corrected chi connectivity index (χ1v) is 7.23. The summed E-state index contributed by atoms with van der Waals surface area (Å²) in [6.07, 6.45) is 4.83. The van der Waals surface area contributed by atoms with Gasteiger partial charge in [-0.15, -0.1) is 11.3 Å². The molecule has 3 nitrogen and oxygen atoms in total. The lowest BCUT2D eigenvalue weighted by molar-refractivity contribution is 0.263. The van der Waals surface area contributed by atoms with Crippen molar-refractivity contribution in [3.63, 3.8) is 0 Å². The molecule has 0 amide bonds. The number of aliphatic hydroxyl groups excluding tert-OH is 1. The fourth-order valence-electron chi connectivity index (χ4n) is 2.44. The van der Waals surface area contributed by atoms with Gasteiger partial charge in [0, 0.05) is 30.1 Å². The van der Waals surface area contributed by atoms with Crippen LogP contribution in [0.2, 0.25) is 0 Å². The van der Waals surface area contributed by atoms with E-state index in [0.717, 1.165) is 17.1 Å². The van der Waals surface area contributed by atoms with Gasteiger partial charge in [-0.3, -0.25) is 4.40 Å². The highest BCUT2D eigenvalue weighted by atomic mass is 32.1. The van der Waals surface area contributed by atoms with Gasteiger partial charge in [0.05, 0.1) is 12.3 Å². The zero-order valence-corrected chi connectivity index (χ0v) is 11.6. The van der Waals surface area contributed by atoms with E-state index in [2.05, 4.69) is 24.0 Å². The maximum Gasteiger partial charge on any atom is 0.193 e. The quantitative estimate of drug-likeness (QED) is 0.792. The summed E-state index contributed by atoms with van der Waals surface area (Å²) in [4.78, 5) is 5.60. The molecule has 3 rings (SSSR count). The van der Waals surface area contributed by atoms with E-state index in [1.165, 1.54) is 11.1 Å². The molecule has 3 aromatic rings. The largest absolute Gasteiger partial charge is 0.396 e. The summed E-state index contributed by atoms with van der Waals surface area (Å²) >= 11 is 1.63. The lowest BCUT2D eigenvalue weighted by atomic mass is 9.92. The molecule has 0 bridgehead atoms. The van der Waals surface area contributed by atoms with Gasteiger partial charge in [0.2, 0.25) is 0 Å². The maximum atomic E-state index is 9.66. The van der Waals surface area contributed by atoms with Crippen molar-refractivity contribution in [2.24, 2.45) is 0 Å². The van der Waals surface area contributed by atoms with Gasteiger partial charge in [0.1, 0.15) is 0 Å². The molecule has 1 N–H and O–H groups in total. The second-order valence-electron chi connectivity index (χ2n) is 4.77. The van der Waals surface area contributed by atoms with Crippen LogP contribution < -0.4 is 0 Å². The summed E-state index contributed by atoms with van der Waals surface area (Å²) in [5, 5.41) is 11.7. The van der Waals surface area contributed by atoms with Crippen LogP contribution in [0.15, 0.2) is 42.0 Å². The Bertz CT molecular complexity index is 658. The van der Waals surface area contributed by atoms with E-state index in [1.54, 1.807) is 11.3 Å². The van der Waals surface area contributed by atoms with Crippen LogP contribution in [-0.2, 0) is 6.42 Å². The maximum absolute atomic E-state index is 9.66. The molecule has 0 saturated heterocycles. The Labute approximate surface area is 116 Å². The van der Waals surface area contributed by atoms with Crippen molar-refractivity contribution >= 4 is 16.3 Å². The number of fused-ring (bicyclic) bond motifs is 1. The van der Waals surface area contributed by atoms with Gasteiger partial charge in [-0.2, -0.15) is 0 Å². The molecule has 0 fully saturated rings. The number of hydrogen-bond acceptors (Lipinski definition) is 3. The lowest BCUT2D eigenvalue weighted by Gasteiger charge is -2.15. The lowest BCUT2D eigenvalue weighted by Crippen LogP contribution is -2.09. The molecule has 0 saturated carbocycles. The van der Waals surface area contributed by atoms with Crippen molar-refractivity contribution in [1.82, 2.24) is 9.38 Å². The molecule has 0 spiro atoms. The molecule has 0 radical (unpaired) electrons. The van der Waals surface area contributed by atoms with E-state index in [4.69, 9.17) is 0 Å². The highest BCUT2D eigenvalue weighted by Crippen LogP contribution is 2.24. The Morgan fingerprint density at radius 1 is 1.37 bits per heavy atom. The minimum atomic E-state index is 0.116. The normalized spacial score (nSPS) is 12.9. The molecular formula is C15H16N2OS. The SMILES string of the molecule is Cc1ccccc1C(CO)Cc1cn2ccsc2n1.